The van der Waals surface area contributed by atoms with E-state index in [9.17, 15) is 20.2 Å². The fourth-order valence-electron chi connectivity index (χ4n) is 1.91. The third-order valence-electron chi connectivity index (χ3n) is 3.09. The van der Waals surface area contributed by atoms with Gasteiger partial charge in [0, 0.05) is 12.1 Å². The van der Waals surface area contributed by atoms with Crippen molar-refractivity contribution in [2.45, 2.75) is 13.5 Å². The largest absolute Gasteiger partial charge is 0.276 e. The standard InChI is InChI=1S/C15H14N4O5/c1-11(13-5-3-2-4-6-13)16-17-24-10-12-7-14(18(20)21)9-15(8-12)19(22)23/h2-9,17H,10H2,1H3. The Balaban J connectivity index is 2.01. The highest BCUT2D eigenvalue weighted by atomic mass is 16.7. The second-order valence-electron chi connectivity index (χ2n) is 4.82. The van der Waals surface area contributed by atoms with Gasteiger partial charge >= 0.3 is 0 Å². The van der Waals surface area contributed by atoms with Crippen LogP contribution in [0.1, 0.15) is 18.1 Å². The summed E-state index contributed by atoms with van der Waals surface area (Å²) in [4.78, 5) is 25.3. The van der Waals surface area contributed by atoms with Crippen molar-refractivity contribution >= 4 is 17.1 Å². The summed E-state index contributed by atoms with van der Waals surface area (Å²) in [5, 5.41) is 25.6. The van der Waals surface area contributed by atoms with Crippen LogP contribution < -0.4 is 5.59 Å². The van der Waals surface area contributed by atoms with E-state index in [-0.39, 0.29) is 23.5 Å². The van der Waals surface area contributed by atoms with Gasteiger partial charge in [-0.2, -0.15) is 10.7 Å². The molecule has 24 heavy (non-hydrogen) atoms. The molecule has 0 fully saturated rings. The van der Waals surface area contributed by atoms with E-state index in [2.05, 4.69) is 10.7 Å². The van der Waals surface area contributed by atoms with Gasteiger partial charge in [-0.3, -0.25) is 25.1 Å². The van der Waals surface area contributed by atoms with Gasteiger partial charge in [0.15, 0.2) is 0 Å². The first-order valence-electron chi connectivity index (χ1n) is 6.86. The number of hydrazone groups is 1. The lowest BCUT2D eigenvalue weighted by molar-refractivity contribution is -0.394. The molecule has 124 valence electrons. The van der Waals surface area contributed by atoms with E-state index >= 15 is 0 Å². The number of nitro groups is 2. The van der Waals surface area contributed by atoms with E-state index in [1.807, 2.05) is 30.3 Å². The summed E-state index contributed by atoms with van der Waals surface area (Å²) in [5.41, 5.74) is 3.51. The molecule has 0 bridgehead atoms. The van der Waals surface area contributed by atoms with Gasteiger partial charge in [-0.25, -0.2) is 0 Å². The molecule has 9 nitrogen and oxygen atoms in total. The van der Waals surface area contributed by atoms with Crippen LogP contribution in [0.25, 0.3) is 0 Å². The second kappa shape index (κ2) is 7.79. The van der Waals surface area contributed by atoms with Crippen molar-refractivity contribution in [3.05, 3.63) is 79.9 Å². The molecule has 0 saturated carbocycles. The van der Waals surface area contributed by atoms with Crippen molar-refractivity contribution in [3.63, 3.8) is 0 Å². The van der Waals surface area contributed by atoms with Crippen LogP contribution in [0.2, 0.25) is 0 Å². The lowest BCUT2D eigenvalue weighted by Crippen LogP contribution is -2.10. The summed E-state index contributed by atoms with van der Waals surface area (Å²) in [6, 6.07) is 12.7. The molecule has 9 heteroatoms. The molecule has 0 aliphatic carbocycles. The minimum atomic E-state index is -0.693. The molecule has 0 amide bonds. The first kappa shape index (κ1) is 17.0. The van der Waals surface area contributed by atoms with E-state index in [1.165, 1.54) is 12.1 Å². The molecular weight excluding hydrogens is 316 g/mol. The number of nitrogens with zero attached hydrogens (tertiary/aromatic N) is 3. The number of nitrogens with one attached hydrogen (secondary N) is 1. The Morgan fingerprint density at radius 3 is 2.21 bits per heavy atom. The highest BCUT2D eigenvalue weighted by molar-refractivity contribution is 5.98. The van der Waals surface area contributed by atoms with Gasteiger partial charge in [0.1, 0.15) is 6.61 Å². The average Bonchev–Trinajstić information content (AvgIpc) is 2.59. The van der Waals surface area contributed by atoms with Crippen molar-refractivity contribution in [2.75, 3.05) is 0 Å². The van der Waals surface area contributed by atoms with E-state index in [0.29, 0.717) is 5.71 Å². The summed E-state index contributed by atoms with van der Waals surface area (Å²) in [7, 11) is 0. The summed E-state index contributed by atoms with van der Waals surface area (Å²) < 4.78 is 0. The topological polar surface area (TPSA) is 120 Å². The maximum atomic E-state index is 10.8. The first-order chi connectivity index (χ1) is 11.5. The number of hydrogen-bond acceptors (Lipinski definition) is 7. The third kappa shape index (κ3) is 4.58. The van der Waals surface area contributed by atoms with Gasteiger partial charge < -0.3 is 0 Å². The number of hydrogen-bond donors (Lipinski definition) is 1. The number of benzene rings is 2. The molecule has 0 unspecified atom stereocenters. The van der Waals surface area contributed by atoms with Crippen LogP contribution in [-0.4, -0.2) is 15.6 Å². The molecule has 0 heterocycles. The predicted molar refractivity (Wildman–Crippen MR) is 86.3 cm³/mol. The maximum absolute atomic E-state index is 10.8. The molecule has 0 aliphatic rings. The van der Waals surface area contributed by atoms with Crippen LogP contribution in [-0.2, 0) is 11.4 Å². The van der Waals surface area contributed by atoms with Crippen molar-refractivity contribution in [3.8, 4) is 0 Å². The van der Waals surface area contributed by atoms with Crippen LogP contribution in [0.15, 0.2) is 53.6 Å². The minimum Gasteiger partial charge on any atom is -0.258 e. The van der Waals surface area contributed by atoms with Gasteiger partial charge in [0.25, 0.3) is 11.4 Å². The van der Waals surface area contributed by atoms with Gasteiger partial charge in [0.2, 0.25) is 0 Å². The molecule has 2 aromatic carbocycles. The van der Waals surface area contributed by atoms with Gasteiger partial charge in [-0.1, -0.05) is 30.3 Å². The smallest absolute Gasteiger partial charge is 0.258 e. The zero-order valence-electron chi connectivity index (χ0n) is 12.7. The Hall–Kier alpha value is -3.33. The van der Waals surface area contributed by atoms with E-state index in [1.54, 1.807) is 6.92 Å². The molecule has 2 aromatic rings. The zero-order valence-corrected chi connectivity index (χ0v) is 12.7. The lowest BCUT2D eigenvalue weighted by atomic mass is 10.1. The van der Waals surface area contributed by atoms with Crippen molar-refractivity contribution in [1.82, 2.24) is 5.59 Å². The van der Waals surface area contributed by atoms with Crippen LogP contribution in [0.5, 0.6) is 0 Å². The first-order valence-corrected chi connectivity index (χ1v) is 6.86. The molecule has 0 radical (unpaired) electrons. The summed E-state index contributed by atoms with van der Waals surface area (Å²) in [6.07, 6.45) is 0. The molecule has 2 rings (SSSR count). The molecular formula is C15H14N4O5. The van der Waals surface area contributed by atoms with Crippen LogP contribution in [0.4, 0.5) is 11.4 Å². The van der Waals surface area contributed by atoms with Gasteiger partial charge in [0.05, 0.1) is 21.6 Å². The third-order valence-corrected chi connectivity index (χ3v) is 3.09. The van der Waals surface area contributed by atoms with E-state index in [4.69, 9.17) is 4.84 Å². The zero-order chi connectivity index (χ0) is 17.5. The Labute approximate surface area is 136 Å². The van der Waals surface area contributed by atoms with Gasteiger partial charge in [-0.05, 0) is 18.1 Å². The van der Waals surface area contributed by atoms with Crippen LogP contribution >= 0.6 is 0 Å². The minimum absolute atomic E-state index is 0.117. The highest BCUT2D eigenvalue weighted by Crippen LogP contribution is 2.22. The maximum Gasteiger partial charge on any atom is 0.276 e. The quantitative estimate of drug-likeness (QED) is 0.361. The van der Waals surface area contributed by atoms with Crippen molar-refractivity contribution in [1.29, 1.82) is 0 Å². The van der Waals surface area contributed by atoms with Crippen LogP contribution in [0.3, 0.4) is 0 Å². The second-order valence-corrected chi connectivity index (χ2v) is 4.82. The molecule has 0 spiro atoms. The Kier molecular flexibility index (Phi) is 5.53. The summed E-state index contributed by atoms with van der Waals surface area (Å²) in [5.74, 6) is 0. The Morgan fingerprint density at radius 1 is 1.08 bits per heavy atom. The number of nitro benzene ring substituents is 2. The fourth-order valence-corrected chi connectivity index (χ4v) is 1.91. The lowest BCUT2D eigenvalue weighted by Gasteiger charge is -2.05. The molecule has 0 saturated heterocycles. The van der Waals surface area contributed by atoms with Crippen molar-refractivity contribution in [2.24, 2.45) is 5.10 Å². The Morgan fingerprint density at radius 2 is 1.67 bits per heavy atom. The normalized spacial score (nSPS) is 11.1. The number of non-ortho nitro benzene ring substituents is 2. The van der Waals surface area contributed by atoms with Crippen LogP contribution in [0, 0.1) is 20.2 Å². The van der Waals surface area contributed by atoms with Gasteiger partial charge in [-0.15, -0.1) is 0 Å². The monoisotopic (exact) mass is 330 g/mol. The van der Waals surface area contributed by atoms with E-state index < -0.39 is 9.85 Å². The summed E-state index contributed by atoms with van der Waals surface area (Å²) in [6.45, 7) is 1.66. The molecule has 0 aromatic heterocycles. The van der Waals surface area contributed by atoms with Crippen molar-refractivity contribution < 1.29 is 14.7 Å². The average molecular weight is 330 g/mol. The fraction of sp³-hybridized carbons (Fsp3) is 0.133. The SMILES string of the molecule is CC(=NNOCc1cc([N+](=O)[O-])cc([N+](=O)[O-])c1)c1ccccc1. The summed E-state index contributed by atoms with van der Waals surface area (Å²) >= 11 is 0. The highest BCUT2D eigenvalue weighted by Gasteiger charge is 2.16. The number of rotatable bonds is 7. The Bertz CT molecular complexity index is 744. The molecule has 0 aliphatic heterocycles. The molecule has 0 atom stereocenters. The predicted octanol–water partition coefficient (Wildman–Crippen LogP) is 2.95. The molecule has 1 N–H and O–H groups in total. The van der Waals surface area contributed by atoms with E-state index in [0.717, 1.165) is 11.6 Å².